The van der Waals surface area contributed by atoms with E-state index in [9.17, 15) is 9.59 Å². The summed E-state index contributed by atoms with van der Waals surface area (Å²) < 4.78 is 0. The summed E-state index contributed by atoms with van der Waals surface area (Å²) in [4.78, 5) is 29.1. The maximum Gasteiger partial charge on any atom is 0.248 e. The van der Waals surface area contributed by atoms with Crippen molar-refractivity contribution in [3.8, 4) is 0 Å². The second kappa shape index (κ2) is 7.68. The summed E-state index contributed by atoms with van der Waals surface area (Å²) in [7, 11) is 0. The molecule has 0 bridgehead atoms. The molecule has 2 amide bonds. The summed E-state index contributed by atoms with van der Waals surface area (Å²) in [5.74, 6) is 0.304. The molecule has 1 aliphatic heterocycles. The van der Waals surface area contributed by atoms with Crippen LogP contribution in [-0.2, 0) is 9.59 Å². The minimum Gasteiger partial charge on any atom is -0.371 e. The number of rotatable bonds is 5. The lowest BCUT2D eigenvalue weighted by molar-refractivity contribution is -0.136. The topological polar surface area (TPSA) is 52.7 Å². The van der Waals surface area contributed by atoms with Crippen LogP contribution in [0.15, 0.2) is 24.3 Å². The Hall–Kier alpha value is -2.04. The Morgan fingerprint density at radius 3 is 2.46 bits per heavy atom. The second-order valence-electron chi connectivity index (χ2n) is 7.78. The smallest absolute Gasteiger partial charge is 0.248 e. The zero-order chi connectivity index (χ0) is 18.7. The molecule has 3 rings (SSSR count). The third-order valence-electron chi connectivity index (χ3n) is 5.94. The SMILES string of the molecule is CCN(C(C)=O)C1CCN(C(=O)C2(Nc3ccc(C)cc3)CCCC2)C1. The lowest BCUT2D eigenvalue weighted by Gasteiger charge is -2.35. The Bertz CT molecular complexity index is 650. The van der Waals surface area contributed by atoms with Crippen LogP contribution in [-0.4, -0.2) is 52.8 Å². The van der Waals surface area contributed by atoms with Gasteiger partial charge in [0.1, 0.15) is 5.54 Å². The van der Waals surface area contributed by atoms with Crippen LogP contribution < -0.4 is 5.32 Å². The number of hydrogen-bond donors (Lipinski definition) is 1. The van der Waals surface area contributed by atoms with E-state index in [1.807, 2.05) is 16.7 Å². The van der Waals surface area contributed by atoms with Crippen molar-refractivity contribution in [2.75, 3.05) is 25.0 Å². The molecule has 2 aliphatic rings. The fraction of sp³-hybridized carbons (Fsp3) is 0.619. The highest BCUT2D eigenvalue weighted by Gasteiger charge is 2.45. The first kappa shape index (κ1) is 18.7. The Morgan fingerprint density at radius 2 is 1.88 bits per heavy atom. The number of nitrogens with zero attached hydrogens (tertiary/aromatic N) is 2. The molecular formula is C21H31N3O2. The molecule has 2 fully saturated rings. The molecule has 1 aliphatic carbocycles. The highest BCUT2D eigenvalue weighted by molar-refractivity contribution is 5.90. The highest BCUT2D eigenvalue weighted by Crippen LogP contribution is 2.36. The van der Waals surface area contributed by atoms with Gasteiger partial charge >= 0.3 is 0 Å². The molecule has 142 valence electrons. The number of carbonyl (C=O) groups is 2. The van der Waals surface area contributed by atoms with Gasteiger partial charge in [0.25, 0.3) is 0 Å². The van der Waals surface area contributed by atoms with Gasteiger partial charge < -0.3 is 15.1 Å². The third-order valence-corrected chi connectivity index (χ3v) is 5.94. The number of benzene rings is 1. The molecule has 0 radical (unpaired) electrons. The van der Waals surface area contributed by atoms with Gasteiger partial charge in [0, 0.05) is 32.2 Å². The Balaban J connectivity index is 1.73. The molecule has 1 saturated carbocycles. The summed E-state index contributed by atoms with van der Waals surface area (Å²) in [5.41, 5.74) is 1.74. The Kier molecular flexibility index (Phi) is 5.54. The molecule has 0 spiro atoms. The van der Waals surface area contributed by atoms with Crippen molar-refractivity contribution in [3.05, 3.63) is 29.8 Å². The van der Waals surface area contributed by atoms with Gasteiger partial charge in [-0.3, -0.25) is 9.59 Å². The normalized spacial score (nSPS) is 21.7. The zero-order valence-electron chi connectivity index (χ0n) is 16.3. The molecule has 1 heterocycles. The van der Waals surface area contributed by atoms with Crippen molar-refractivity contribution in [3.63, 3.8) is 0 Å². The fourth-order valence-corrected chi connectivity index (χ4v) is 4.51. The van der Waals surface area contributed by atoms with Crippen molar-refractivity contribution in [1.82, 2.24) is 9.80 Å². The predicted octanol–water partition coefficient (Wildman–Crippen LogP) is 3.19. The van der Waals surface area contributed by atoms with E-state index >= 15 is 0 Å². The largest absolute Gasteiger partial charge is 0.371 e. The number of nitrogens with one attached hydrogen (secondary N) is 1. The van der Waals surface area contributed by atoms with E-state index in [1.165, 1.54) is 5.56 Å². The number of likely N-dealkylation sites (N-methyl/N-ethyl adjacent to an activating group) is 1. The van der Waals surface area contributed by atoms with E-state index in [0.717, 1.165) is 44.3 Å². The first-order chi connectivity index (χ1) is 12.4. The third kappa shape index (κ3) is 3.71. The first-order valence-corrected chi connectivity index (χ1v) is 9.86. The quantitative estimate of drug-likeness (QED) is 0.880. The molecule has 26 heavy (non-hydrogen) atoms. The van der Waals surface area contributed by atoms with Crippen molar-refractivity contribution in [2.45, 2.75) is 64.5 Å². The Labute approximate surface area is 156 Å². The van der Waals surface area contributed by atoms with E-state index in [1.54, 1.807) is 6.92 Å². The van der Waals surface area contributed by atoms with Crippen LogP contribution in [0.1, 0.15) is 51.5 Å². The van der Waals surface area contributed by atoms with Crippen molar-refractivity contribution in [1.29, 1.82) is 0 Å². The van der Waals surface area contributed by atoms with E-state index in [2.05, 4.69) is 36.5 Å². The van der Waals surface area contributed by atoms with Crippen molar-refractivity contribution >= 4 is 17.5 Å². The van der Waals surface area contributed by atoms with Crippen LogP contribution >= 0.6 is 0 Å². The van der Waals surface area contributed by atoms with Gasteiger partial charge in [0.05, 0.1) is 6.04 Å². The van der Waals surface area contributed by atoms with E-state index in [0.29, 0.717) is 13.1 Å². The second-order valence-corrected chi connectivity index (χ2v) is 7.78. The lowest BCUT2D eigenvalue weighted by Crippen LogP contribution is -2.52. The van der Waals surface area contributed by atoms with E-state index in [4.69, 9.17) is 0 Å². The van der Waals surface area contributed by atoms with Crippen molar-refractivity contribution < 1.29 is 9.59 Å². The van der Waals surface area contributed by atoms with E-state index in [-0.39, 0.29) is 17.9 Å². The molecule has 5 nitrogen and oxygen atoms in total. The highest BCUT2D eigenvalue weighted by atomic mass is 16.2. The number of anilines is 1. The van der Waals surface area contributed by atoms with E-state index < -0.39 is 5.54 Å². The summed E-state index contributed by atoms with van der Waals surface area (Å²) in [6.07, 6.45) is 4.79. The zero-order valence-corrected chi connectivity index (χ0v) is 16.3. The van der Waals surface area contributed by atoms with Crippen LogP contribution in [0, 0.1) is 6.92 Å². The number of amides is 2. The molecular weight excluding hydrogens is 326 g/mol. The van der Waals surface area contributed by atoms with Crippen molar-refractivity contribution in [2.24, 2.45) is 0 Å². The maximum atomic E-state index is 13.4. The number of aryl methyl sites for hydroxylation is 1. The summed E-state index contributed by atoms with van der Waals surface area (Å²) >= 11 is 0. The average Bonchev–Trinajstić information content (AvgIpc) is 3.27. The molecule has 0 aromatic heterocycles. The Morgan fingerprint density at radius 1 is 1.23 bits per heavy atom. The number of likely N-dealkylation sites (tertiary alicyclic amines) is 1. The minimum atomic E-state index is -0.489. The lowest BCUT2D eigenvalue weighted by atomic mass is 9.94. The van der Waals surface area contributed by atoms with Gasteiger partial charge in [-0.15, -0.1) is 0 Å². The predicted molar refractivity (Wildman–Crippen MR) is 104 cm³/mol. The monoisotopic (exact) mass is 357 g/mol. The van der Waals surface area contributed by atoms with Crippen LogP contribution in [0.2, 0.25) is 0 Å². The van der Waals surface area contributed by atoms with Crippen LogP contribution in [0.25, 0.3) is 0 Å². The summed E-state index contributed by atoms with van der Waals surface area (Å²) in [6.45, 7) is 7.79. The van der Waals surface area contributed by atoms with Gasteiger partial charge in [-0.2, -0.15) is 0 Å². The molecule has 1 aromatic rings. The van der Waals surface area contributed by atoms with Crippen LogP contribution in [0.3, 0.4) is 0 Å². The number of hydrogen-bond acceptors (Lipinski definition) is 3. The van der Waals surface area contributed by atoms with Gasteiger partial charge in [0.15, 0.2) is 0 Å². The summed E-state index contributed by atoms with van der Waals surface area (Å²) in [6, 6.07) is 8.42. The summed E-state index contributed by atoms with van der Waals surface area (Å²) in [5, 5.41) is 3.57. The minimum absolute atomic E-state index is 0.0974. The molecule has 1 N–H and O–H groups in total. The molecule has 1 unspecified atom stereocenters. The van der Waals surface area contributed by atoms with Crippen LogP contribution in [0.5, 0.6) is 0 Å². The standard InChI is InChI=1S/C21H31N3O2/c1-4-24(17(3)25)19-11-14-23(15-19)20(26)21(12-5-6-13-21)22-18-9-7-16(2)8-10-18/h7-10,19,22H,4-6,11-15H2,1-3H3. The average molecular weight is 357 g/mol. The first-order valence-electron chi connectivity index (χ1n) is 9.86. The van der Waals surface area contributed by atoms with Gasteiger partial charge in [0.2, 0.25) is 11.8 Å². The molecule has 1 aromatic carbocycles. The van der Waals surface area contributed by atoms with Gasteiger partial charge in [-0.05, 0) is 45.2 Å². The van der Waals surface area contributed by atoms with Gasteiger partial charge in [-0.1, -0.05) is 30.5 Å². The molecule has 5 heteroatoms. The van der Waals surface area contributed by atoms with Crippen LogP contribution in [0.4, 0.5) is 5.69 Å². The number of carbonyl (C=O) groups excluding carboxylic acids is 2. The maximum absolute atomic E-state index is 13.4. The molecule has 1 saturated heterocycles. The van der Waals surface area contributed by atoms with Gasteiger partial charge in [-0.25, -0.2) is 0 Å². The molecule has 1 atom stereocenters. The fourth-order valence-electron chi connectivity index (χ4n) is 4.51.